The van der Waals surface area contributed by atoms with E-state index in [0.717, 1.165) is 19.4 Å². The molecule has 0 saturated carbocycles. The zero-order valence-electron chi connectivity index (χ0n) is 9.42. The van der Waals surface area contributed by atoms with E-state index >= 15 is 0 Å². The summed E-state index contributed by atoms with van der Waals surface area (Å²) in [5, 5.41) is 14.3. The monoisotopic (exact) mass is 346 g/mol. The summed E-state index contributed by atoms with van der Waals surface area (Å²) in [7, 11) is 0. The molecule has 2 rings (SSSR count). The molecule has 0 atom stereocenters. The molecule has 1 aliphatic heterocycles. The van der Waals surface area contributed by atoms with Crippen LogP contribution in [-0.2, 0) is 12.8 Å². The van der Waals surface area contributed by atoms with Gasteiger partial charge in [0.25, 0.3) is 0 Å². The van der Waals surface area contributed by atoms with Crippen LogP contribution in [0.5, 0.6) is 0 Å². The smallest absolute Gasteiger partial charge is 0.404 e. The molecule has 1 aromatic rings. The van der Waals surface area contributed by atoms with Crippen molar-refractivity contribution in [3.05, 3.63) is 26.8 Å². The molecule has 0 fully saturated rings. The highest BCUT2D eigenvalue weighted by Crippen LogP contribution is 2.27. The lowest BCUT2D eigenvalue weighted by Crippen LogP contribution is -2.23. The number of amides is 1. The maximum atomic E-state index is 10.4. The van der Waals surface area contributed by atoms with Crippen molar-refractivity contribution in [3.8, 4) is 0 Å². The predicted octanol–water partition coefficient (Wildman–Crippen LogP) is 2.46. The second-order valence-electron chi connectivity index (χ2n) is 4.11. The van der Waals surface area contributed by atoms with Crippen LogP contribution in [0.25, 0.3) is 0 Å². The van der Waals surface area contributed by atoms with E-state index in [1.807, 2.05) is 0 Å². The summed E-state index contributed by atoms with van der Waals surface area (Å²) in [6.45, 7) is 1.49. The minimum absolute atomic E-state index is 0.462. The molecule has 3 N–H and O–H groups in total. The van der Waals surface area contributed by atoms with Gasteiger partial charge < -0.3 is 15.7 Å². The van der Waals surface area contributed by atoms with Crippen LogP contribution in [0, 0.1) is 3.57 Å². The molecule has 0 aliphatic carbocycles. The van der Waals surface area contributed by atoms with Crippen LogP contribution in [0.2, 0.25) is 0 Å². The van der Waals surface area contributed by atoms with Crippen LogP contribution in [0.3, 0.4) is 0 Å². The molecule has 0 spiro atoms. The number of carbonyl (C=O) groups is 1. The summed E-state index contributed by atoms with van der Waals surface area (Å²) < 4.78 is 1.22. The van der Waals surface area contributed by atoms with Crippen molar-refractivity contribution in [2.24, 2.45) is 0 Å². The highest BCUT2D eigenvalue weighted by Gasteiger charge is 2.11. The lowest BCUT2D eigenvalue weighted by atomic mass is 10.00. The molecule has 0 saturated heterocycles. The number of anilines is 1. The predicted molar refractivity (Wildman–Crippen MR) is 75.7 cm³/mol. The number of nitrogens with one attached hydrogen (secondary N) is 2. The highest BCUT2D eigenvalue weighted by atomic mass is 127. The average molecular weight is 346 g/mol. The summed E-state index contributed by atoms with van der Waals surface area (Å²) in [6.07, 6.45) is 2.09. The highest BCUT2D eigenvalue weighted by molar-refractivity contribution is 14.1. The zero-order valence-corrected chi connectivity index (χ0v) is 11.6. The second kappa shape index (κ2) is 5.57. The minimum atomic E-state index is -0.962. The van der Waals surface area contributed by atoms with Gasteiger partial charge in [0, 0.05) is 22.3 Å². The molecule has 0 radical (unpaired) electrons. The lowest BCUT2D eigenvalue weighted by Gasteiger charge is -2.20. The lowest BCUT2D eigenvalue weighted by molar-refractivity contribution is 0.194. The summed E-state index contributed by atoms with van der Waals surface area (Å²) in [4.78, 5) is 10.4. The molecule has 17 heavy (non-hydrogen) atoms. The Hall–Kier alpha value is -0.980. The number of carboxylic acid groups (broad SMARTS) is 1. The van der Waals surface area contributed by atoms with Crippen LogP contribution < -0.4 is 10.6 Å². The third kappa shape index (κ3) is 3.24. The summed E-state index contributed by atoms with van der Waals surface area (Å²) in [6, 6.07) is 4.36. The molecule has 92 valence electrons. The number of benzene rings is 1. The van der Waals surface area contributed by atoms with E-state index in [-0.39, 0.29) is 0 Å². The SMILES string of the molecule is O=C(O)NCCc1cc2c(cc1I)CCCN2. The molecule has 1 aromatic carbocycles. The standard InChI is InChI=1S/C12H15IN2O2/c13-10-6-9-2-1-4-14-11(9)7-8(10)3-5-15-12(16)17/h6-7,14-15H,1-5H2,(H,16,17). The largest absolute Gasteiger partial charge is 0.465 e. The van der Waals surface area contributed by atoms with Crippen LogP contribution in [0.4, 0.5) is 10.5 Å². The van der Waals surface area contributed by atoms with E-state index in [0.29, 0.717) is 6.54 Å². The molecule has 0 bridgehead atoms. The van der Waals surface area contributed by atoms with Crippen molar-refractivity contribution in [3.63, 3.8) is 0 Å². The molecule has 0 aromatic heterocycles. The van der Waals surface area contributed by atoms with Gasteiger partial charge in [-0.1, -0.05) is 0 Å². The van der Waals surface area contributed by atoms with Gasteiger partial charge in [-0.25, -0.2) is 4.79 Å². The van der Waals surface area contributed by atoms with Gasteiger partial charge in [0.2, 0.25) is 0 Å². The number of rotatable bonds is 3. The van der Waals surface area contributed by atoms with Crippen molar-refractivity contribution in [1.29, 1.82) is 0 Å². The van der Waals surface area contributed by atoms with Crippen molar-refractivity contribution in [2.75, 3.05) is 18.4 Å². The van der Waals surface area contributed by atoms with Gasteiger partial charge in [-0.05, 0) is 65.1 Å². The van der Waals surface area contributed by atoms with Gasteiger partial charge in [-0.3, -0.25) is 0 Å². The van der Waals surface area contributed by atoms with E-state index in [9.17, 15) is 4.79 Å². The Balaban J connectivity index is 2.09. The molecule has 1 aliphatic rings. The fraction of sp³-hybridized carbons (Fsp3) is 0.417. The molecule has 1 heterocycles. The van der Waals surface area contributed by atoms with Gasteiger partial charge in [0.05, 0.1) is 0 Å². The number of fused-ring (bicyclic) bond motifs is 1. The summed E-state index contributed by atoms with van der Waals surface area (Å²) in [5.74, 6) is 0. The Morgan fingerprint density at radius 2 is 2.35 bits per heavy atom. The van der Waals surface area contributed by atoms with Crippen LogP contribution >= 0.6 is 22.6 Å². The first-order valence-corrected chi connectivity index (χ1v) is 6.76. The second-order valence-corrected chi connectivity index (χ2v) is 5.28. The van der Waals surface area contributed by atoms with Gasteiger partial charge in [0.15, 0.2) is 0 Å². The Labute approximate surface area is 114 Å². The van der Waals surface area contributed by atoms with Crippen LogP contribution in [-0.4, -0.2) is 24.3 Å². The Bertz CT molecular complexity index is 435. The summed E-state index contributed by atoms with van der Waals surface area (Å²) in [5.41, 5.74) is 3.78. The van der Waals surface area contributed by atoms with E-state index in [4.69, 9.17) is 5.11 Å². The summed E-state index contributed by atoms with van der Waals surface area (Å²) >= 11 is 2.32. The Morgan fingerprint density at radius 1 is 1.53 bits per heavy atom. The number of hydrogen-bond acceptors (Lipinski definition) is 2. The quantitative estimate of drug-likeness (QED) is 0.737. The van der Waals surface area contributed by atoms with E-state index in [1.54, 1.807) is 0 Å². The van der Waals surface area contributed by atoms with Crippen molar-refractivity contribution in [1.82, 2.24) is 5.32 Å². The van der Waals surface area contributed by atoms with Gasteiger partial charge in [-0.15, -0.1) is 0 Å². The molecule has 5 heteroatoms. The molecular weight excluding hydrogens is 331 g/mol. The maximum Gasteiger partial charge on any atom is 0.404 e. The number of hydrogen-bond donors (Lipinski definition) is 3. The molecule has 1 amide bonds. The first kappa shape index (κ1) is 12.5. The third-order valence-electron chi connectivity index (χ3n) is 2.88. The number of aryl methyl sites for hydroxylation is 1. The van der Waals surface area contributed by atoms with E-state index in [2.05, 4.69) is 45.4 Å². The fourth-order valence-corrected chi connectivity index (χ4v) is 2.83. The van der Waals surface area contributed by atoms with Crippen LogP contribution in [0.15, 0.2) is 12.1 Å². The van der Waals surface area contributed by atoms with Gasteiger partial charge >= 0.3 is 6.09 Å². The maximum absolute atomic E-state index is 10.4. The van der Waals surface area contributed by atoms with Gasteiger partial charge in [-0.2, -0.15) is 0 Å². The normalized spacial score (nSPS) is 13.7. The Kier molecular flexibility index (Phi) is 4.09. The molecule has 0 unspecified atom stereocenters. The molecule has 4 nitrogen and oxygen atoms in total. The Morgan fingerprint density at radius 3 is 3.12 bits per heavy atom. The van der Waals surface area contributed by atoms with Crippen molar-refractivity contribution < 1.29 is 9.90 Å². The van der Waals surface area contributed by atoms with Crippen molar-refractivity contribution in [2.45, 2.75) is 19.3 Å². The average Bonchev–Trinajstić information content (AvgIpc) is 2.29. The number of halogens is 1. The van der Waals surface area contributed by atoms with E-state index in [1.165, 1.54) is 26.8 Å². The fourth-order valence-electron chi connectivity index (χ4n) is 2.03. The first-order valence-electron chi connectivity index (χ1n) is 5.69. The third-order valence-corrected chi connectivity index (χ3v) is 3.89. The van der Waals surface area contributed by atoms with E-state index < -0.39 is 6.09 Å². The first-order chi connectivity index (χ1) is 8.16. The van der Waals surface area contributed by atoms with Gasteiger partial charge in [0.1, 0.15) is 0 Å². The minimum Gasteiger partial charge on any atom is -0.465 e. The van der Waals surface area contributed by atoms with Crippen LogP contribution in [0.1, 0.15) is 17.5 Å². The molecular formula is C12H15IN2O2. The van der Waals surface area contributed by atoms with Crippen molar-refractivity contribution >= 4 is 34.4 Å². The zero-order chi connectivity index (χ0) is 12.3. The topological polar surface area (TPSA) is 61.4 Å².